The number of benzene rings is 2. The minimum absolute atomic E-state index is 0.00287. The van der Waals surface area contributed by atoms with Gasteiger partial charge < -0.3 is 24.3 Å². The zero-order valence-corrected chi connectivity index (χ0v) is 19.8. The smallest absolute Gasteiger partial charge is 0.249 e. The minimum Gasteiger partial charge on any atom is -0.496 e. The van der Waals surface area contributed by atoms with Crippen LogP contribution in [0, 0.1) is 0 Å². The number of hydrogen-bond donors (Lipinski definition) is 1. The SMILES string of the molecule is COCC(=O)N(CC(=O)N(CCc1c[nH]c2ccccc12)Cc1ccccc1OC)C(C)C. The van der Waals surface area contributed by atoms with E-state index in [9.17, 15) is 9.59 Å². The van der Waals surface area contributed by atoms with E-state index in [2.05, 4.69) is 11.1 Å². The number of ether oxygens (including phenoxy) is 2. The van der Waals surface area contributed by atoms with E-state index in [1.807, 2.05) is 62.5 Å². The van der Waals surface area contributed by atoms with Gasteiger partial charge in [-0.15, -0.1) is 0 Å². The lowest BCUT2D eigenvalue weighted by atomic mass is 10.1. The predicted octanol–water partition coefficient (Wildman–Crippen LogP) is 3.63. The van der Waals surface area contributed by atoms with Gasteiger partial charge in [0.2, 0.25) is 11.8 Å². The number of carbonyl (C=O) groups excluding carboxylic acids is 2. The van der Waals surface area contributed by atoms with E-state index in [-0.39, 0.29) is 31.0 Å². The van der Waals surface area contributed by atoms with E-state index >= 15 is 0 Å². The van der Waals surface area contributed by atoms with Crippen molar-refractivity contribution >= 4 is 22.7 Å². The second-order valence-electron chi connectivity index (χ2n) is 8.29. The molecule has 7 nitrogen and oxygen atoms in total. The second-order valence-corrected chi connectivity index (χ2v) is 8.29. The van der Waals surface area contributed by atoms with Crippen molar-refractivity contribution in [2.24, 2.45) is 0 Å². The highest BCUT2D eigenvalue weighted by Gasteiger charge is 2.24. The summed E-state index contributed by atoms with van der Waals surface area (Å²) in [7, 11) is 3.11. The van der Waals surface area contributed by atoms with E-state index in [0.29, 0.717) is 19.5 Å². The van der Waals surface area contributed by atoms with Gasteiger partial charge in [0.15, 0.2) is 0 Å². The summed E-state index contributed by atoms with van der Waals surface area (Å²) in [6.07, 6.45) is 2.69. The van der Waals surface area contributed by atoms with Gasteiger partial charge in [-0.3, -0.25) is 9.59 Å². The lowest BCUT2D eigenvalue weighted by Crippen LogP contribution is -2.47. The third-order valence-electron chi connectivity index (χ3n) is 5.75. The standard InChI is InChI=1S/C26H33N3O4/c1-19(2)29(26(31)18-32-3)17-25(30)28(16-21-9-5-8-12-24(21)33-4)14-13-20-15-27-23-11-7-6-10-22(20)23/h5-12,15,19,27H,13-14,16-18H2,1-4H3. The van der Waals surface area contributed by atoms with Gasteiger partial charge in [0.1, 0.15) is 18.9 Å². The highest BCUT2D eigenvalue weighted by molar-refractivity contribution is 5.86. The molecular formula is C26H33N3O4. The average molecular weight is 452 g/mol. The fourth-order valence-corrected chi connectivity index (χ4v) is 3.94. The number of nitrogens with zero attached hydrogens (tertiary/aromatic N) is 2. The monoisotopic (exact) mass is 451 g/mol. The molecule has 0 atom stereocenters. The molecule has 3 rings (SSSR count). The maximum absolute atomic E-state index is 13.4. The number of aromatic nitrogens is 1. The first-order valence-corrected chi connectivity index (χ1v) is 11.2. The minimum atomic E-state index is -0.199. The quantitative estimate of drug-likeness (QED) is 0.483. The van der Waals surface area contributed by atoms with E-state index in [1.165, 1.54) is 7.11 Å². The Balaban J connectivity index is 1.82. The number of carbonyl (C=O) groups is 2. The number of nitrogens with one attached hydrogen (secondary N) is 1. The highest BCUT2D eigenvalue weighted by atomic mass is 16.5. The van der Waals surface area contributed by atoms with Gasteiger partial charge in [0.25, 0.3) is 0 Å². The molecule has 2 aromatic carbocycles. The molecule has 0 bridgehead atoms. The number of rotatable bonds is 11. The van der Waals surface area contributed by atoms with E-state index in [1.54, 1.807) is 16.9 Å². The van der Waals surface area contributed by atoms with Gasteiger partial charge in [-0.05, 0) is 38.0 Å². The maximum Gasteiger partial charge on any atom is 0.249 e. The zero-order chi connectivity index (χ0) is 23.8. The molecule has 0 spiro atoms. The number of para-hydroxylation sites is 2. The Morgan fingerprint density at radius 3 is 2.42 bits per heavy atom. The number of fused-ring (bicyclic) bond motifs is 1. The van der Waals surface area contributed by atoms with Crippen molar-refractivity contribution in [3.63, 3.8) is 0 Å². The van der Waals surface area contributed by atoms with Gasteiger partial charge in [-0.2, -0.15) is 0 Å². The predicted molar refractivity (Wildman–Crippen MR) is 129 cm³/mol. The van der Waals surface area contributed by atoms with Gasteiger partial charge >= 0.3 is 0 Å². The summed E-state index contributed by atoms with van der Waals surface area (Å²) in [6, 6.07) is 15.7. The molecule has 1 heterocycles. The lowest BCUT2D eigenvalue weighted by Gasteiger charge is -2.30. The third-order valence-corrected chi connectivity index (χ3v) is 5.75. The molecule has 3 aromatic rings. The van der Waals surface area contributed by atoms with Crippen LogP contribution in [0.3, 0.4) is 0 Å². The van der Waals surface area contributed by atoms with E-state index in [0.717, 1.165) is 27.8 Å². The summed E-state index contributed by atoms with van der Waals surface area (Å²) in [5.74, 6) is 0.423. The molecule has 0 saturated heterocycles. The third kappa shape index (κ3) is 6.14. The Hall–Kier alpha value is -3.32. The summed E-state index contributed by atoms with van der Waals surface area (Å²) in [5, 5.41) is 1.15. The van der Waals surface area contributed by atoms with Crippen LogP contribution in [0.25, 0.3) is 10.9 Å². The molecule has 0 fully saturated rings. The van der Waals surface area contributed by atoms with Crippen LogP contribution in [0.4, 0.5) is 0 Å². The van der Waals surface area contributed by atoms with Crippen molar-refractivity contribution in [1.82, 2.24) is 14.8 Å². The number of aromatic amines is 1. The van der Waals surface area contributed by atoms with E-state index in [4.69, 9.17) is 9.47 Å². The first kappa shape index (κ1) is 24.3. The van der Waals surface area contributed by atoms with Gasteiger partial charge in [-0.25, -0.2) is 0 Å². The number of methoxy groups -OCH3 is 2. The zero-order valence-electron chi connectivity index (χ0n) is 19.8. The van der Waals surface area contributed by atoms with Crippen LogP contribution in [-0.2, 0) is 27.3 Å². The maximum atomic E-state index is 13.4. The van der Waals surface area contributed by atoms with Crippen LogP contribution in [-0.4, -0.2) is 66.6 Å². The van der Waals surface area contributed by atoms with Crippen molar-refractivity contribution in [1.29, 1.82) is 0 Å². The molecule has 1 N–H and O–H groups in total. The summed E-state index contributed by atoms with van der Waals surface area (Å²) in [5.41, 5.74) is 3.15. The van der Waals surface area contributed by atoms with Crippen molar-refractivity contribution in [2.75, 3.05) is 33.9 Å². The fraction of sp³-hybridized carbons (Fsp3) is 0.385. The largest absolute Gasteiger partial charge is 0.496 e. The van der Waals surface area contributed by atoms with Crippen molar-refractivity contribution in [3.8, 4) is 5.75 Å². The normalized spacial score (nSPS) is 11.1. The Morgan fingerprint density at radius 2 is 1.70 bits per heavy atom. The average Bonchev–Trinajstić information content (AvgIpc) is 3.23. The van der Waals surface area contributed by atoms with Crippen molar-refractivity contribution in [2.45, 2.75) is 32.9 Å². The molecule has 0 saturated carbocycles. The van der Waals surface area contributed by atoms with Crippen LogP contribution in [0.1, 0.15) is 25.0 Å². The van der Waals surface area contributed by atoms with Gasteiger partial charge in [0, 0.05) is 48.9 Å². The lowest BCUT2D eigenvalue weighted by molar-refractivity contribution is -0.144. The molecular weight excluding hydrogens is 418 g/mol. The first-order chi connectivity index (χ1) is 15.9. The van der Waals surface area contributed by atoms with Crippen molar-refractivity contribution < 1.29 is 19.1 Å². The topological polar surface area (TPSA) is 74.9 Å². The molecule has 2 amide bonds. The summed E-state index contributed by atoms with van der Waals surface area (Å²) < 4.78 is 10.5. The Bertz CT molecular complexity index is 1080. The molecule has 176 valence electrons. The van der Waals surface area contributed by atoms with Crippen LogP contribution < -0.4 is 4.74 Å². The Kier molecular flexibility index (Phi) is 8.49. The summed E-state index contributed by atoms with van der Waals surface area (Å²) in [4.78, 5) is 32.6. The van der Waals surface area contributed by atoms with Crippen LogP contribution in [0.2, 0.25) is 0 Å². The fourth-order valence-electron chi connectivity index (χ4n) is 3.94. The molecule has 1 aromatic heterocycles. The van der Waals surface area contributed by atoms with Gasteiger partial charge in [0.05, 0.1) is 7.11 Å². The molecule has 7 heteroatoms. The first-order valence-electron chi connectivity index (χ1n) is 11.2. The number of hydrogen-bond acceptors (Lipinski definition) is 4. The van der Waals surface area contributed by atoms with Gasteiger partial charge in [-0.1, -0.05) is 36.4 Å². The van der Waals surface area contributed by atoms with Crippen molar-refractivity contribution in [3.05, 3.63) is 65.9 Å². The number of H-pyrrole nitrogens is 1. The number of amides is 2. The molecule has 0 unspecified atom stereocenters. The summed E-state index contributed by atoms with van der Waals surface area (Å²) in [6.45, 7) is 4.67. The molecule has 0 aliphatic rings. The van der Waals surface area contributed by atoms with E-state index < -0.39 is 0 Å². The summed E-state index contributed by atoms with van der Waals surface area (Å²) >= 11 is 0. The highest BCUT2D eigenvalue weighted by Crippen LogP contribution is 2.22. The Morgan fingerprint density at radius 1 is 0.970 bits per heavy atom. The van der Waals surface area contributed by atoms with Crippen LogP contribution >= 0.6 is 0 Å². The molecule has 0 aliphatic heterocycles. The Labute approximate surface area is 195 Å². The van der Waals surface area contributed by atoms with Crippen LogP contribution in [0.5, 0.6) is 5.75 Å². The van der Waals surface area contributed by atoms with Crippen LogP contribution in [0.15, 0.2) is 54.7 Å². The molecule has 0 aliphatic carbocycles. The molecule has 0 radical (unpaired) electrons. The molecule has 33 heavy (non-hydrogen) atoms. The second kappa shape index (κ2) is 11.5.